The van der Waals surface area contributed by atoms with Gasteiger partial charge in [-0.2, -0.15) is 13.5 Å². The molecule has 11 nitrogen and oxygen atoms in total. The third-order valence-electron chi connectivity index (χ3n) is 6.45. The Kier molecular flexibility index (Phi) is 7.10. The van der Waals surface area contributed by atoms with Crippen molar-refractivity contribution in [2.24, 2.45) is 4.99 Å². The minimum Gasteiger partial charge on any atom is -0.347 e. The normalized spacial score (nSPS) is 14.8. The molecule has 1 atom stereocenters. The van der Waals surface area contributed by atoms with Crippen LogP contribution < -0.4 is 0 Å². The molecule has 0 radical (unpaired) electrons. The van der Waals surface area contributed by atoms with Gasteiger partial charge in [0.25, 0.3) is 10.1 Å². The molecule has 1 amide bonds. The molecule has 4 aromatic rings. The summed E-state index contributed by atoms with van der Waals surface area (Å²) in [5.74, 6) is 0.533. The SMILES string of the molecule is Cc1nnc2n1-c1ccc(-c3cnn(CC(=O)N(C)C)c3)cc1C(c1ccc(Cl)cc1)=N[C@@H]2CCS(=O)(=O)O. The van der Waals surface area contributed by atoms with Gasteiger partial charge in [0, 0.05) is 42.0 Å². The second-order valence-electron chi connectivity index (χ2n) is 9.46. The first-order valence-corrected chi connectivity index (χ1v) is 14.1. The first-order valence-electron chi connectivity index (χ1n) is 12.1. The van der Waals surface area contributed by atoms with Crippen LogP contribution in [0.15, 0.2) is 59.9 Å². The quantitative estimate of drug-likeness (QED) is 0.338. The van der Waals surface area contributed by atoms with Gasteiger partial charge in [-0.25, -0.2) is 0 Å². The van der Waals surface area contributed by atoms with E-state index in [-0.39, 0.29) is 18.9 Å². The molecule has 1 aliphatic rings. The summed E-state index contributed by atoms with van der Waals surface area (Å²) in [6.45, 7) is 1.93. The van der Waals surface area contributed by atoms with Crippen LogP contribution in [0.4, 0.5) is 0 Å². The predicted octanol–water partition coefficient (Wildman–Crippen LogP) is 3.35. The number of nitrogens with zero attached hydrogens (tertiary/aromatic N) is 7. The average molecular weight is 568 g/mol. The highest BCUT2D eigenvalue weighted by Crippen LogP contribution is 2.35. The lowest BCUT2D eigenvalue weighted by molar-refractivity contribution is -0.129. The number of rotatable bonds is 7. The van der Waals surface area contributed by atoms with Crippen LogP contribution in [0.1, 0.15) is 35.2 Å². The van der Waals surface area contributed by atoms with E-state index in [0.29, 0.717) is 22.4 Å². The van der Waals surface area contributed by atoms with E-state index in [1.807, 2.05) is 48.0 Å². The zero-order valence-electron chi connectivity index (χ0n) is 21.5. The van der Waals surface area contributed by atoms with E-state index < -0.39 is 21.9 Å². The van der Waals surface area contributed by atoms with Crippen molar-refractivity contribution in [1.29, 1.82) is 0 Å². The van der Waals surface area contributed by atoms with E-state index in [1.54, 1.807) is 37.1 Å². The molecule has 39 heavy (non-hydrogen) atoms. The fourth-order valence-electron chi connectivity index (χ4n) is 4.45. The largest absolute Gasteiger partial charge is 0.347 e. The van der Waals surface area contributed by atoms with E-state index in [9.17, 15) is 17.8 Å². The average Bonchev–Trinajstić information content (AvgIpc) is 3.47. The number of amides is 1. The number of hydrogen-bond acceptors (Lipinski definition) is 7. The predicted molar refractivity (Wildman–Crippen MR) is 147 cm³/mol. The number of likely N-dealkylation sites (N-methyl/N-ethyl adjacent to an activating group) is 1. The van der Waals surface area contributed by atoms with Gasteiger partial charge in [-0.05, 0) is 43.2 Å². The third-order valence-corrected chi connectivity index (χ3v) is 7.46. The molecule has 13 heteroatoms. The number of carbonyl (C=O) groups excluding carboxylic acids is 1. The summed E-state index contributed by atoms with van der Waals surface area (Å²) in [6, 6.07) is 12.4. The van der Waals surface area contributed by atoms with Crippen molar-refractivity contribution in [2.75, 3.05) is 19.8 Å². The maximum absolute atomic E-state index is 12.2. The van der Waals surface area contributed by atoms with Crippen LogP contribution in [-0.2, 0) is 21.5 Å². The molecule has 5 rings (SSSR count). The summed E-state index contributed by atoms with van der Waals surface area (Å²) in [5, 5.41) is 13.5. The van der Waals surface area contributed by atoms with Gasteiger partial charge in [0.1, 0.15) is 18.4 Å². The van der Waals surface area contributed by atoms with Crippen LogP contribution in [0.3, 0.4) is 0 Å². The molecule has 2 aromatic heterocycles. The van der Waals surface area contributed by atoms with Crippen LogP contribution in [0.2, 0.25) is 5.02 Å². The number of carbonyl (C=O) groups is 1. The van der Waals surface area contributed by atoms with Crippen LogP contribution in [0.5, 0.6) is 0 Å². The Morgan fingerprint density at radius 2 is 1.79 bits per heavy atom. The zero-order chi connectivity index (χ0) is 27.9. The molecule has 202 valence electrons. The number of fused-ring (bicyclic) bond motifs is 3. The van der Waals surface area contributed by atoms with Gasteiger partial charge in [0.2, 0.25) is 5.91 Å². The molecule has 1 aliphatic heterocycles. The first-order chi connectivity index (χ1) is 18.5. The smallest absolute Gasteiger partial charge is 0.264 e. The highest BCUT2D eigenvalue weighted by molar-refractivity contribution is 7.85. The summed E-state index contributed by atoms with van der Waals surface area (Å²) in [7, 11) is -0.830. The second kappa shape index (κ2) is 10.4. The molecule has 1 N–H and O–H groups in total. The van der Waals surface area contributed by atoms with Crippen LogP contribution in [0.25, 0.3) is 16.8 Å². The number of aromatic nitrogens is 5. The summed E-state index contributed by atoms with van der Waals surface area (Å²) >= 11 is 6.16. The number of benzene rings is 2. The molecule has 0 fully saturated rings. The van der Waals surface area contributed by atoms with Crippen molar-refractivity contribution in [1.82, 2.24) is 29.4 Å². The molecule has 0 spiro atoms. The molecule has 2 aromatic carbocycles. The van der Waals surface area contributed by atoms with Gasteiger partial charge in [-0.3, -0.25) is 23.6 Å². The third kappa shape index (κ3) is 5.63. The number of halogens is 1. The Morgan fingerprint density at radius 1 is 1.08 bits per heavy atom. The highest BCUT2D eigenvalue weighted by atomic mass is 35.5. The summed E-state index contributed by atoms with van der Waals surface area (Å²) in [5.41, 5.74) is 4.59. The summed E-state index contributed by atoms with van der Waals surface area (Å²) in [6.07, 6.45) is 3.52. The van der Waals surface area contributed by atoms with Crippen LogP contribution >= 0.6 is 11.6 Å². The van der Waals surface area contributed by atoms with Gasteiger partial charge in [-0.1, -0.05) is 29.8 Å². The molecular formula is C26H26ClN7O4S. The minimum atomic E-state index is -4.22. The fourth-order valence-corrected chi connectivity index (χ4v) is 5.09. The van der Waals surface area contributed by atoms with E-state index in [4.69, 9.17) is 16.6 Å². The maximum atomic E-state index is 12.2. The Labute approximate surface area is 230 Å². The van der Waals surface area contributed by atoms with E-state index >= 15 is 0 Å². The second-order valence-corrected chi connectivity index (χ2v) is 11.5. The zero-order valence-corrected chi connectivity index (χ0v) is 23.1. The monoisotopic (exact) mass is 567 g/mol. The molecule has 0 bridgehead atoms. The minimum absolute atomic E-state index is 0.0155. The van der Waals surface area contributed by atoms with Gasteiger partial charge in [-0.15, -0.1) is 10.2 Å². The Bertz CT molecular complexity index is 1690. The van der Waals surface area contributed by atoms with Crippen LogP contribution in [0, 0.1) is 6.92 Å². The molecule has 0 aliphatic carbocycles. The lowest BCUT2D eigenvalue weighted by Gasteiger charge is -2.14. The first kappa shape index (κ1) is 26.7. The standard InChI is InChI=1S/C26H26ClN7O4S/c1-16-30-31-26-22(10-11-39(36,37)38)29-25(17-4-7-20(27)8-5-17)21-12-18(6-9-23(21)34(16)26)19-13-28-33(14-19)15-24(35)32(2)3/h4-9,12-14,22H,10-11,15H2,1-3H3,(H,36,37,38)/t22-/m1/s1. The maximum Gasteiger partial charge on any atom is 0.264 e. The lowest BCUT2D eigenvalue weighted by Crippen LogP contribution is -2.26. The lowest BCUT2D eigenvalue weighted by atomic mass is 9.96. The van der Waals surface area contributed by atoms with E-state index in [1.165, 1.54) is 4.90 Å². The molecule has 3 heterocycles. The van der Waals surface area contributed by atoms with Gasteiger partial charge < -0.3 is 4.90 Å². The van der Waals surface area contributed by atoms with Crippen molar-refractivity contribution < 1.29 is 17.8 Å². The van der Waals surface area contributed by atoms with E-state index in [2.05, 4.69) is 15.3 Å². The van der Waals surface area contributed by atoms with Crippen molar-refractivity contribution in [3.8, 4) is 16.8 Å². The number of aliphatic imine (C=N–C) groups is 1. The molecule has 0 saturated carbocycles. The fraction of sp³-hybridized carbons (Fsp3) is 0.269. The van der Waals surface area contributed by atoms with Crippen molar-refractivity contribution in [3.05, 3.63) is 82.7 Å². The topological polar surface area (TPSA) is 136 Å². The summed E-state index contributed by atoms with van der Waals surface area (Å²) in [4.78, 5) is 18.6. The van der Waals surface area contributed by atoms with Gasteiger partial charge in [0.05, 0.1) is 23.3 Å². The van der Waals surface area contributed by atoms with Gasteiger partial charge >= 0.3 is 0 Å². The molecule has 0 saturated heterocycles. The van der Waals surface area contributed by atoms with E-state index in [0.717, 1.165) is 27.9 Å². The number of aryl methyl sites for hydroxylation is 1. The Balaban J connectivity index is 1.66. The van der Waals surface area contributed by atoms with Crippen molar-refractivity contribution in [3.63, 3.8) is 0 Å². The number of hydrogen-bond donors (Lipinski definition) is 1. The Morgan fingerprint density at radius 3 is 2.49 bits per heavy atom. The molecular weight excluding hydrogens is 542 g/mol. The van der Waals surface area contributed by atoms with Crippen molar-refractivity contribution >= 4 is 33.3 Å². The Hall–Kier alpha value is -3.87. The summed E-state index contributed by atoms with van der Waals surface area (Å²) < 4.78 is 36.1. The van der Waals surface area contributed by atoms with Crippen molar-refractivity contribution in [2.45, 2.75) is 25.9 Å². The van der Waals surface area contributed by atoms with Crippen LogP contribution in [-0.4, -0.2) is 73.9 Å². The molecule has 0 unspecified atom stereocenters. The van der Waals surface area contributed by atoms with Gasteiger partial charge in [0.15, 0.2) is 5.82 Å². The highest BCUT2D eigenvalue weighted by Gasteiger charge is 2.29.